The molecule has 0 unspecified atom stereocenters. The second-order valence-electron chi connectivity index (χ2n) is 11.1. The van der Waals surface area contributed by atoms with Gasteiger partial charge in [-0.2, -0.15) is 0 Å². The summed E-state index contributed by atoms with van der Waals surface area (Å²) in [5.41, 5.74) is 0. The molecule has 0 bridgehead atoms. The molecule has 280 valence electrons. The van der Waals surface area contributed by atoms with Crippen LogP contribution in [0.2, 0.25) is 52.4 Å². The van der Waals surface area contributed by atoms with Gasteiger partial charge in [-0.3, -0.25) is 0 Å². The minimum absolute atomic E-state index is 0.572. The topological polar surface area (TPSA) is 129 Å². The van der Waals surface area contributed by atoms with E-state index in [0.717, 1.165) is 0 Å². The summed E-state index contributed by atoms with van der Waals surface area (Å²) in [5, 5.41) is 0. The molecular weight excluding hydrogens is 737 g/mol. The van der Waals surface area contributed by atoms with Crippen LogP contribution in [0.4, 0.5) is 0 Å². The summed E-state index contributed by atoms with van der Waals surface area (Å²) >= 11 is 0. The summed E-state index contributed by atoms with van der Waals surface area (Å²) in [6, 6.07) is 0. The quantitative estimate of drug-likeness (QED) is 0.106. The van der Waals surface area contributed by atoms with Gasteiger partial charge in [-0.1, -0.05) is 0 Å². The van der Waals surface area contributed by atoms with E-state index in [1.165, 1.54) is 0 Å². The Bertz CT molecular complexity index is 592. The molecule has 0 N–H and O–H groups in total. The Morgan fingerprint density at radius 1 is 0.283 bits per heavy atom. The van der Waals surface area contributed by atoms with Gasteiger partial charge in [0.25, 0.3) is 0 Å². The van der Waals surface area contributed by atoms with Gasteiger partial charge in [-0.15, -0.1) is 0 Å². The first-order chi connectivity index (χ1) is 21.4. The molecule has 0 aliphatic carbocycles. The van der Waals surface area contributed by atoms with Crippen molar-refractivity contribution in [2.45, 2.75) is 108 Å². The highest BCUT2D eigenvalue weighted by molar-refractivity contribution is 6.83. The van der Waals surface area contributed by atoms with Crippen LogP contribution in [-0.2, 0) is 60.1 Å². The van der Waals surface area contributed by atoms with E-state index in [9.17, 15) is 0 Å². The molecule has 0 spiro atoms. The molecule has 0 saturated heterocycles. The second-order valence-corrected chi connectivity index (χ2v) is 32.7. The van der Waals surface area contributed by atoms with Crippen molar-refractivity contribution in [2.24, 2.45) is 0 Å². The molecule has 0 heterocycles. The normalized spacial score (nSPS) is 13.3. The Hall–Kier alpha value is 1.18. The molecular formula is C24H68O14Si8. The first-order valence-electron chi connectivity index (χ1n) is 16.4. The SMILES string of the molecule is CCO[SiH](OCC)O[Si](C)(C)O[Si](C)(C)O[SiH](OCC)OCC.CCO[SiH](OCC)O[Si](C)(C)O[Si](C)(C)O[SiH](OCC)OCC. The van der Waals surface area contributed by atoms with Crippen LogP contribution in [0.15, 0.2) is 0 Å². The van der Waals surface area contributed by atoms with Gasteiger partial charge < -0.3 is 60.1 Å². The van der Waals surface area contributed by atoms with Gasteiger partial charge in [0.15, 0.2) is 0 Å². The van der Waals surface area contributed by atoms with Crippen LogP contribution in [0.25, 0.3) is 0 Å². The van der Waals surface area contributed by atoms with E-state index in [1.54, 1.807) is 0 Å². The summed E-state index contributed by atoms with van der Waals surface area (Å²) in [6.45, 7) is 35.9. The maximum absolute atomic E-state index is 6.25. The smallest absolute Gasteiger partial charge is 0.416 e. The van der Waals surface area contributed by atoms with Crippen molar-refractivity contribution in [3.05, 3.63) is 0 Å². The first-order valence-corrected chi connectivity index (χ1v) is 33.4. The molecule has 0 saturated carbocycles. The molecule has 0 radical (unpaired) electrons. The van der Waals surface area contributed by atoms with E-state index >= 15 is 0 Å². The lowest BCUT2D eigenvalue weighted by molar-refractivity contribution is 0.127. The van der Waals surface area contributed by atoms with Crippen LogP contribution in [0.3, 0.4) is 0 Å². The minimum Gasteiger partial charge on any atom is -0.416 e. The van der Waals surface area contributed by atoms with E-state index in [4.69, 9.17) is 60.1 Å². The first kappa shape index (κ1) is 49.3. The van der Waals surface area contributed by atoms with Gasteiger partial charge in [-0.25, -0.2) is 0 Å². The monoisotopic (exact) mass is 804 g/mol. The Morgan fingerprint density at radius 2 is 0.413 bits per heavy atom. The predicted octanol–water partition coefficient (Wildman–Crippen LogP) is 4.04. The molecule has 0 rings (SSSR count). The molecule has 0 aromatic heterocycles. The standard InChI is InChI=1S/2C12H34O7Si4/c2*1-9-13-20(14-10-2)17-22(5,6)19-23(7,8)18-21(15-11-3)16-12-4/h2*20-21H,9-12H2,1-8H3. The Kier molecular flexibility index (Phi) is 28.8. The molecule has 0 aliphatic heterocycles. The molecule has 14 nitrogen and oxygen atoms in total. The van der Waals surface area contributed by atoms with E-state index < -0.39 is 72.4 Å². The van der Waals surface area contributed by atoms with Crippen molar-refractivity contribution in [3.63, 3.8) is 0 Å². The van der Waals surface area contributed by atoms with Crippen molar-refractivity contribution in [2.75, 3.05) is 52.9 Å². The maximum atomic E-state index is 6.25. The summed E-state index contributed by atoms with van der Waals surface area (Å²) in [5.74, 6) is 0. The maximum Gasteiger partial charge on any atom is 0.475 e. The zero-order valence-electron chi connectivity index (χ0n) is 31.7. The van der Waals surface area contributed by atoms with Gasteiger partial charge in [0.05, 0.1) is 0 Å². The lowest BCUT2D eigenvalue weighted by Gasteiger charge is -2.35. The fourth-order valence-corrected chi connectivity index (χ4v) is 27.9. The number of rotatable bonds is 28. The van der Waals surface area contributed by atoms with Crippen LogP contribution in [0.1, 0.15) is 55.4 Å². The number of hydrogen-bond acceptors (Lipinski definition) is 14. The van der Waals surface area contributed by atoms with Crippen LogP contribution < -0.4 is 0 Å². The van der Waals surface area contributed by atoms with Gasteiger partial charge in [0, 0.05) is 52.9 Å². The fourth-order valence-electron chi connectivity index (χ4n) is 3.76. The van der Waals surface area contributed by atoms with Crippen molar-refractivity contribution >= 4 is 72.4 Å². The fraction of sp³-hybridized carbons (Fsp3) is 1.00. The average Bonchev–Trinajstić information content (AvgIpc) is 2.88. The molecule has 22 heteroatoms. The highest BCUT2D eigenvalue weighted by Gasteiger charge is 2.42. The van der Waals surface area contributed by atoms with Gasteiger partial charge in [0.2, 0.25) is 0 Å². The second kappa shape index (κ2) is 26.9. The third-order valence-corrected chi connectivity index (χ3v) is 29.8. The lowest BCUT2D eigenvalue weighted by Crippen LogP contribution is -2.54. The largest absolute Gasteiger partial charge is 0.475 e. The summed E-state index contributed by atoms with van der Waals surface area (Å²) in [4.78, 5) is 0. The van der Waals surface area contributed by atoms with Crippen molar-refractivity contribution in [1.82, 2.24) is 0 Å². The Balaban J connectivity index is 0. The van der Waals surface area contributed by atoms with E-state index in [1.807, 2.05) is 108 Å². The van der Waals surface area contributed by atoms with E-state index in [0.29, 0.717) is 52.9 Å². The Morgan fingerprint density at radius 3 is 0.522 bits per heavy atom. The van der Waals surface area contributed by atoms with Gasteiger partial charge in [-0.05, 0) is 108 Å². The van der Waals surface area contributed by atoms with Gasteiger partial charge >= 0.3 is 72.4 Å². The molecule has 0 fully saturated rings. The molecule has 46 heavy (non-hydrogen) atoms. The van der Waals surface area contributed by atoms with Crippen LogP contribution in [0.5, 0.6) is 0 Å². The zero-order valence-corrected chi connectivity index (χ0v) is 40.3. The molecule has 0 aromatic carbocycles. The van der Waals surface area contributed by atoms with Crippen LogP contribution in [-0.4, -0.2) is 125 Å². The van der Waals surface area contributed by atoms with E-state index in [-0.39, 0.29) is 0 Å². The van der Waals surface area contributed by atoms with Gasteiger partial charge in [0.1, 0.15) is 0 Å². The third kappa shape index (κ3) is 27.0. The average molecular weight is 805 g/mol. The van der Waals surface area contributed by atoms with Crippen LogP contribution in [0, 0.1) is 0 Å². The highest BCUT2D eigenvalue weighted by Crippen LogP contribution is 2.21. The van der Waals surface area contributed by atoms with Crippen LogP contribution >= 0.6 is 0 Å². The lowest BCUT2D eigenvalue weighted by atomic mass is 10.9. The Labute approximate surface area is 292 Å². The summed E-state index contributed by atoms with van der Waals surface area (Å²) in [6.07, 6.45) is 0. The summed E-state index contributed by atoms with van der Waals surface area (Å²) < 4.78 is 81.3. The minimum atomic E-state index is -2.43. The third-order valence-electron chi connectivity index (χ3n) is 4.93. The zero-order chi connectivity index (χ0) is 35.9. The molecule has 0 aliphatic rings. The molecule has 0 aromatic rings. The van der Waals surface area contributed by atoms with Crippen molar-refractivity contribution in [1.29, 1.82) is 0 Å². The van der Waals surface area contributed by atoms with Crippen molar-refractivity contribution in [3.8, 4) is 0 Å². The number of hydrogen-bond donors (Lipinski definition) is 0. The molecule has 0 atom stereocenters. The molecule has 0 amide bonds. The predicted molar refractivity (Wildman–Crippen MR) is 198 cm³/mol. The summed E-state index contributed by atoms with van der Waals surface area (Å²) in [7, 11) is -18.4. The highest BCUT2D eigenvalue weighted by atomic mass is 28.5. The van der Waals surface area contributed by atoms with E-state index in [2.05, 4.69) is 0 Å². The van der Waals surface area contributed by atoms with Crippen molar-refractivity contribution < 1.29 is 60.1 Å².